The molecule has 4 nitrogen and oxygen atoms in total. The predicted molar refractivity (Wildman–Crippen MR) is 111 cm³/mol. The fourth-order valence-corrected chi connectivity index (χ4v) is 4.92. The van der Waals surface area contributed by atoms with E-state index in [-0.39, 0.29) is 5.91 Å². The largest absolute Gasteiger partial charge is 0.378 e. The molecule has 0 radical (unpaired) electrons. The predicted octanol–water partition coefficient (Wildman–Crippen LogP) is 4.29. The van der Waals surface area contributed by atoms with E-state index in [4.69, 9.17) is 4.74 Å². The number of amides is 1. The first-order valence-electron chi connectivity index (χ1n) is 10.2. The number of rotatable bonds is 2. The second kappa shape index (κ2) is 7.10. The van der Waals surface area contributed by atoms with Crippen molar-refractivity contribution in [2.75, 3.05) is 31.6 Å². The number of fused-ring (bicyclic) bond motifs is 3. The van der Waals surface area contributed by atoms with E-state index >= 15 is 0 Å². The Morgan fingerprint density at radius 3 is 2.75 bits per heavy atom. The maximum Gasteiger partial charge on any atom is 0.254 e. The molecule has 1 saturated heterocycles. The average Bonchev–Trinajstić information content (AvgIpc) is 3.24. The lowest BCUT2D eigenvalue weighted by atomic mass is 9.76. The zero-order valence-electron chi connectivity index (χ0n) is 16.2. The van der Waals surface area contributed by atoms with Crippen molar-refractivity contribution >= 4 is 11.6 Å². The Balaban J connectivity index is 1.49. The number of carbonyl (C=O) groups is 1. The number of anilines is 1. The van der Waals surface area contributed by atoms with Crippen LogP contribution in [0.5, 0.6) is 0 Å². The topological polar surface area (TPSA) is 41.6 Å². The normalized spacial score (nSPS) is 25.8. The summed E-state index contributed by atoms with van der Waals surface area (Å²) >= 11 is 0. The third-order valence-corrected chi connectivity index (χ3v) is 6.43. The minimum atomic E-state index is 0.116. The van der Waals surface area contributed by atoms with Gasteiger partial charge >= 0.3 is 0 Å². The molecular weight excluding hydrogens is 348 g/mol. The number of hydrogen-bond acceptors (Lipinski definition) is 3. The summed E-state index contributed by atoms with van der Waals surface area (Å²) in [5.41, 5.74) is 5.90. The maximum atomic E-state index is 12.9. The molecule has 1 aliphatic carbocycles. The highest BCUT2D eigenvalue weighted by Gasteiger charge is 2.38. The molecule has 1 fully saturated rings. The van der Waals surface area contributed by atoms with Crippen LogP contribution in [-0.2, 0) is 4.74 Å². The van der Waals surface area contributed by atoms with E-state index in [0.29, 0.717) is 44.2 Å². The number of morpholine rings is 1. The number of carbonyl (C=O) groups excluding carboxylic acids is 1. The Morgan fingerprint density at radius 2 is 1.93 bits per heavy atom. The monoisotopic (exact) mass is 374 g/mol. The van der Waals surface area contributed by atoms with E-state index in [1.54, 1.807) is 0 Å². The summed E-state index contributed by atoms with van der Waals surface area (Å²) in [5.74, 6) is 0.964. The summed E-state index contributed by atoms with van der Waals surface area (Å²) in [4.78, 5) is 14.8. The van der Waals surface area contributed by atoms with Gasteiger partial charge in [-0.05, 0) is 54.2 Å². The van der Waals surface area contributed by atoms with Crippen LogP contribution in [0, 0.1) is 12.8 Å². The van der Waals surface area contributed by atoms with E-state index < -0.39 is 0 Å². The van der Waals surface area contributed by atoms with Crippen LogP contribution in [0.2, 0.25) is 0 Å². The van der Waals surface area contributed by atoms with Crippen molar-refractivity contribution in [1.82, 2.24) is 4.90 Å². The van der Waals surface area contributed by atoms with Gasteiger partial charge < -0.3 is 15.0 Å². The third-order valence-electron chi connectivity index (χ3n) is 6.43. The van der Waals surface area contributed by atoms with E-state index in [2.05, 4.69) is 60.8 Å². The molecule has 4 heteroatoms. The second-order valence-electron chi connectivity index (χ2n) is 8.04. The van der Waals surface area contributed by atoms with Gasteiger partial charge in [-0.2, -0.15) is 0 Å². The highest BCUT2D eigenvalue weighted by atomic mass is 16.5. The van der Waals surface area contributed by atoms with Crippen molar-refractivity contribution < 1.29 is 9.53 Å². The van der Waals surface area contributed by atoms with Crippen molar-refractivity contribution in [2.24, 2.45) is 5.92 Å². The van der Waals surface area contributed by atoms with Crippen molar-refractivity contribution in [3.63, 3.8) is 0 Å². The van der Waals surface area contributed by atoms with Crippen molar-refractivity contribution in [2.45, 2.75) is 25.3 Å². The smallest absolute Gasteiger partial charge is 0.254 e. The standard InChI is InChI=1S/C24H26N2O2/c1-16-5-2-3-6-18(16)23-20-8-4-7-19(20)21-15-17(9-10-22(21)25-23)24(27)26-11-13-28-14-12-26/h2-7,9-10,15,19-20,23,25H,8,11-14H2,1H3. The number of benzene rings is 2. The lowest BCUT2D eigenvalue weighted by molar-refractivity contribution is 0.0303. The van der Waals surface area contributed by atoms with Gasteiger partial charge in [-0.1, -0.05) is 36.4 Å². The van der Waals surface area contributed by atoms with E-state index in [9.17, 15) is 4.79 Å². The van der Waals surface area contributed by atoms with Crippen LogP contribution in [0.4, 0.5) is 5.69 Å². The Labute approximate surface area is 166 Å². The molecule has 2 aliphatic heterocycles. The van der Waals surface area contributed by atoms with Gasteiger partial charge in [-0.3, -0.25) is 4.79 Å². The minimum absolute atomic E-state index is 0.116. The molecule has 2 heterocycles. The minimum Gasteiger partial charge on any atom is -0.378 e. The van der Waals surface area contributed by atoms with Crippen LogP contribution in [-0.4, -0.2) is 37.1 Å². The van der Waals surface area contributed by atoms with Gasteiger partial charge in [0.15, 0.2) is 0 Å². The van der Waals surface area contributed by atoms with Crippen molar-refractivity contribution in [3.8, 4) is 0 Å². The molecule has 1 N–H and O–H groups in total. The first-order valence-corrected chi connectivity index (χ1v) is 10.2. The Hall–Kier alpha value is -2.59. The van der Waals surface area contributed by atoms with Crippen LogP contribution in [0.15, 0.2) is 54.6 Å². The van der Waals surface area contributed by atoms with E-state index in [1.807, 2.05) is 11.0 Å². The van der Waals surface area contributed by atoms with E-state index in [0.717, 1.165) is 17.7 Å². The molecule has 1 amide bonds. The van der Waals surface area contributed by atoms with Crippen LogP contribution in [0.1, 0.15) is 45.4 Å². The molecule has 144 valence electrons. The van der Waals surface area contributed by atoms with E-state index in [1.165, 1.54) is 16.7 Å². The number of aryl methyl sites for hydroxylation is 1. The molecule has 0 bridgehead atoms. The third kappa shape index (κ3) is 2.92. The molecule has 5 rings (SSSR count). The first-order chi connectivity index (χ1) is 13.7. The molecule has 3 aliphatic rings. The Bertz CT molecular complexity index is 930. The molecule has 3 atom stereocenters. The second-order valence-corrected chi connectivity index (χ2v) is 8.04. The fourth-order valence-electron chi connectivity index (χ4n) is 4.92. The summed E-state index contributed by atoms with van der Waals surface area (Å²) < 4.78 is 5.38. The summed E-state index contributed by atoms with van der Waals surface area (Å²) in [6.45, 7) is 4.80. The van der Waals surface area contributed by atoms with Gasteiger partial charge in [0.05, 0.1) is 19.3 Å². The number of ether oxygens (including phenoxy) is 1. The van der Waals surface area contributed by atoms with Gasteiger partial charge in [-0.15, -0.1) is 0 Å². The van der Waals surface area contributed by atoms with Gasteiger partial charge in [-0.25, -0.2) is 0 Å². The van der Waals surface area contributed by atoms with Crippen molar-refractivity contribution in [1.29, 1.82) is 0 Å². The first kappa shape index (κ1) is 17.5. The zero-order valence-corrected chi connectivity index (χ0v) is 16.2. The molecule has 0 spiro atoms. The lowest BCUT2D eigenvalue weighted by Crippen LogP contribution is -2.40. The highest BCUT2D eigenvalue weighted by molar-refractivity contribution is 5.95. The molecule has 0 aromatic heterocycles. The quantitative estimate of drug-likeness (QED) is 0.797. The van der Waals surface area contributed by atoms with Crippen LogP contribution >= 0.6 is 0 Å². The summed E-state index contributed by atoms with van der Waals surface area (Å²) in [7, 11) is 0. The van der Waals surface area contributed by atoms with Gasteiger partial charge in [0.25, 0.3) is 5.91 Å². The summed E-state index contributed by atoms with van der Waals surface area (Å²) in [6.07, 6.45) is 5.70. The number of hydrogen-bond donors (Lipinski definition) is 1. The fraction of sp³-hybridized carbons (Fsp3) is 0.375. The number of allylic oxidation sites excluding steroid dienone is 2. The van der Waals surface area contributed by atoms with Gasteiger partial charge in [0.2, 0.25) is 0 Å². The Morgan fingerprint density at radius 1 is 1.11 bits per heavy atom. The molecule has 0 saturated carbocycles. The zero-order chi connectivity index (χ0) is 19.1. The summed E-state index contributed by atoms with van der Waals surface area (Å²) in [6, 6.07) is 15.1. The molecule has 2 aromatic rings. The van der Waals surface area contributed by atoms with Crippen LogP contribution in [0.3, 0.4) is 0 Å². The molecule has 28 heavy (non-hydrogen) atoms. The number of nitrogens with one attached hydrogen (secondary N) is 1. The van der Waals surface area contributed by atoms with Gasteiger partial charge in [0, 0.05) is 30.3 Å². The SMILES string of the molecule is Cc1ccccc1C1Nc2ccc(C(=O)N3CCOCC3)cc2C2C=CCC21. The maximum absolute atomic E-state index is 12.9. The number of nitrogens with zero attached hydrogens (tertiary/aromatic N) is 1. The Kier molecular flexibility index (Phi) is 4.44. The molecule has 3 unspecified atom stereocenters. The lowest BCUT2D eigenvalue weighted by Gasteiger charge is -2.38. The average molecular weight is 374 g/mol. The molecular formula is C24H26N2O2. The van der Waals surface area contributed by atoms with Crippen molar-refractivity contribution in [3.05, 3.63) is 76.9 Å². The summed E-state index contributed by atoms with van der Waals surface area (Å²) in [5, 5.41) is 3.79. The highest BCUT2D eigenvalue weighted by Crippen LogP contribution is 2.50. The van der Waals surface area contributed by atoms with Crippen LogP contribution < -0.4 is 5.32 Å². The van der Waals surface area contributed by atoms with Gasteiger partial charge in [0.1, 0.15) is 0 Å². The molecule has 2 aromatic carbocycles. The van der Waals surface area contributed by atoms with Crippen LogP contribution in [0.25, 0.3) is 0 Å².